The highest BCUT2D eigenvalue weighted by atomic mass is 19.1. The van der Waals surface area contributed by atoms with Gasteiger partial charge in [-0.05, 0) is 42.0 Å². The minimum atomic E-state index is -0.526. The number of rotatable bonds is 6. The Labute approximate surface area is 150 Å². The fourth-order valence-corrected chi connectivity index (χ4v) is 2.02. The molecule has 0 unspecified atom stereocenters. The number of carbonyl (C=O) groups excluding carboxylic acids is 3. The molecule has 0 radical (unpaired) electrons. The van der Waals surface area contributed by atoms with Crippen LogP contribution in [-0.4, -0.2) is 31.4 Å². The van der Waals surface area contributed by atoms with Gasteiger partial charge in [0, 0.05) is 24.8 Å². The summed E-state index contributed by atoms with van der Waals surface area (Å²) in [5, 5.41) is 10.1. The Bertz CT molecular complexity index is 776. The van der Waals surface area contributed by atoms with Crippen molar-refractivity contribution in [3.63, 3.8) is 0 Å². The van der Waals surface area contributed by atoms with Crippen LogP contribution in [-0.2, 0) is 11.3 Å². The lowest BCUT2D eigenvalue weighted by atomic mass is 10.1. The van der Waals surface area contributed by atoms with Gasteiger partial charge in [-0.3, -0.25) is 9.59 Å². The lowest BCUT2D eigenvalue weighted by Gasteiger charge is -2.08. The predicted molar refractivity (Wildman–Crippen MR) is 95.1 cm³/mol. The summed E-state index contributed by atoms with van der Waals surface area (Å²) in [6.07, 6.45) is 0. The molecule has 0 fully saturated rings. The van der Waals surface area contributed by atoms with Crippen LogP contribution in [0.1, 0.15) is 15.9 Å². The van der Waals surface area contributed by atoms with Gasteiger partial charge in [0.15, 0.2) is 0 Å². The van der Waals surface area contributed by atoms with Gasteiger partial charge >= 0.3 is 6.03 Å². The summed E-state index contributed by atoms with van der Waals surface area (Å²) in [4.78, 5) is 34.8. The van der Waals surface area contributed by atoms with E-state index in [1.807, 2.05) is 0 Å². The lowest BCUT2D eigenvalue weighted by molar-refractivity contribution is -0.119. The largest absolute Gasteiger partial charge is 0.358 e. The summed E-state index contributed by atoms with van der Waals surface area (Å²) in [5.74, 6) is -0.930. The molecule has 7 nitrogen and oxygen atoms in total. The zero-order valence-electron chi connectivity index (χ0n) is 14.1. The first-order chi connectivity index (χ1) is 12.5. The van der Waals surface area contributed by atoms with Crippen molar-refractivity contribution in [2.75, 3.05) is 18.9 Å². The monoisotopic (exact) mass is 358 g/mol. The van der Waals surface area contributed by atoms with E-state index in [-0.39, 0.29) is 30.7 Å². The van der Waals surface area contributed by atoms with Crippen molar-refractivity contribution in [3.05, 3.63) is 65.5 Å². The van der Waals surface area contributed by atoms with E-state index in [9.17, 15) is 18.8 Å². The SMILES string of the molecule is CNC(=O)CNC(=O)Nc1ccc(C(=O)NCc2ccc(F)cc2)cc1. The Hall–Kier alpha value is -3.42. The third-order valence-corrected chi connectivity index (χ3v) is 3.46. The molecule has 0 spiro atoms. The molecule has 0 aromatic heterocycles. The molecule has 4 amide bonds. The van der Waals surface area contributed by atoms with Crippen LogP contribution in [0.3, 0.4) is 0 Å². The van der Waals surface area contributed by atoms with Crippen LogP contribution in [0.5, 0.6) is 0 Å². The summed E-state index contributed by atoms with van der Waals surface area (Å²) >= 11 is 0. The van der Waals surface area contributed by atoms with Gasteiger partial charge in [-0.25, -0.2) is 9.18 Å². The van der Waals surface area contributed by atoms with Gasteiger partial charge in [0.25, 0.3) is 5.91 Å². The van der Waals surface area contributed by atoms with Crippen LogP contribution in [0.25, 0.3) is 0 Å². The smallest absolute Gasteiger partial charge is 0.319 e. The fraction of sp³-hybridized carbons (Fsp3) is 0.167. The number of anilines is 1. The fourth-order valence-electron chi connectivity index (χ4n) is 2.02. The highest BCUT2D eigenvalue weighted by Crippen LogP contribution is 2.10. The Kier molecular flexibility index (Phi) is 6.67. The summed E-state index contributed by atoms with van der Waals surface area (Å²) < 4.78 is 12.8. The van der Waals surface area contributed by atoms with Gasteiger partial charge in [-0.15, -0.1) is 0 Å². The predicted octanol–water partition coefficient (Wildman–Crippen LogP) is 1.62. The molecule has 0 atom stereocenters. The van der Waals surface area contributed by atoms with Gasteiger partial charge in [-0.1, -0.05) is 12.1 Å². The first-order valence-corrected chi connectivity index (χ1v) is 7.86. The molecule has 26 heavy (non-hydrogen) atoms. The highest BCUT2D eigenvalue weighted by molar-refractivity contribution is 5.96. The third-order valence-electron chi connectivity index (χ3n) is 3.46. The zero-order chi connectivity index (χ0) is 18.9. The summed E-state index contributed by atoms with van der Waals surface area (Å²) in [6, 6.07) is 11.6. The molecule has 2 rings (SSSR count). The van der Waals surface area contributed by atoms with Crippen molar-refractivity contribution >= 4 is 23.5 Å². The van der Waals surface area contributed by atoms with Crippen molar-refractivity contribution in [3.8, 4) is 0 Å². The molecule has 2 aromatic carbocycles. The Balaban J connectivity index is 1.83. The Morgan fingerprint density at radius 1 is 0.923 bits per heavy atom. The molecule has 0 aliphatic rings. The normalized spacial score (nSPS) is 9.92. The van der Waals surface area contributed by atoms with E-state index in [2.05, 4.69) is 21.3 Å². The molecular weight excluding hydrogens is 339 g/mol. The van der Waals surface area contributed by atoms with Crippen LogP contribution in [0.15, 0.2) is 48.5 Å². The molecule has 4 N–H and O–H groups in total. The average molecular weight is 358 g/mol. The second kappa shape index (κ2) is 9.16. The number of carbonyl (C=O) groups is 3. The van der Waals surface area contributed by atoms with Crippen LogP contribution < -0.4 is 21.3 Å². The average Bonchev–Trinajstić information content (AvgIpc) is 2.66. The van der Waals surface area contributed by atoms with Gasteiger partial charge in [-0.2, -0.15) is 0 Å². The molecule has 0 saturated heterocycles. The van der Waals surface area contributed by atoms with Crippen molar-refractivity contribution in [1.29, 1.82) is 0 Å². The maximum atomic E-state index is 12.8. The molecule has 8 heteroatoms. The molecule has 2 aromatic rings. The molecule has 0 aliphatic carbocycles. The van der Waals surface area contributed by atoms with E-state index in [0.29, 0.717) is 11.3 Å². The van der Waals surface area contributed by atoms with E-state index in [4.69, 9.17) is 0 Å². The number of benzene rings is 2. The van der Waals surface area contributed by atoms with Gasteiger partial charge < -0.3 is 21.3 Å². The molecule has 0 bridgehead atoms. The molecule has 0 saturated carbocycles. The van der Waals surface area contributed by atoms with Crippen molar-refractivity contribution in [2.45, 2.75) is 6.54 Å². The standard InChI is InChI=1S/C18H19FN4O3/c1-20-16(24)11-22-18(26)23-15-8-4-13(5-9-15)17(25)21-10-12-2-6-14(19)7-3-12/h2-9H,10-11H2,1H3,(H,20,24)(H,21,25)(H2,22,23,26). The number of nitrogens with one attached hydrogen (secondary N) is 4. The van der Waals surface area contributed by atoms with E-state index in [1.54, 1.807) is 36.4 Å². The van der Waals surface area contributed by atoms with E-state index in [0.717, 1.165) is 5.56 Å². The zero-order valence-corrected chi connectivity index (χ0v) is 14.1. The summed E-state index contributed by atoms with van der Waals surface area (Å²) in [6.45, 7) is 0.146. The van der Waals surface area contributed by atoms with Crippen LogP contribution in [0.4, 0.5) is 14.9 Å². The quantitative estimate of drug-likeness (QED) is 0.631. The van der Waals surface area contributed by atoms with E-state index < -0.39 is 6.03 Å². The molecular formula is C18H19FN4O3. The Morgan fingerprint density at radius 2 is 1.58 bits per heavy atom. The van der Waals surface area contributed by atoms with E-state index in [1.165, 1.54) is 19.2 Å². The molecule has 136 valence electrons. The minimum Gasteiger partial charge on any atom is -0.358 e. The lowest BCUT2D eigenvalue weighted by Crippen LogP contribution is -2.37. The summed E-state index contributed by atoms with van der Waals surface area (Å²) in [7, 11) is 1.47. The second-order valence-corrected chi connectivity index (χ2v) is 5.37. The number of hydrogen-bond donors (Lipinski definition) is 4. The number of hydrogen-bond acceptors (Lipinski definition) is 3. The van der Waals surface area contributed by atoms with Crippen LogP contribution in [0.2, 0.25) is 0 Å². The third kappa shape index (κ3) is 5.90. The number of amides is 4. The van der Waals surface area contributed by atoms with Crippen LogP contribution >= 0.6 is 0 Å². The van der Waals surface area contributed by atoms with Gasteiger partial charge in [0.2, 0.25) is 5.91 Å². The van der Waals surface area contributed by atoms with Gasteiger partial charge in [0.05, 0.1) is 6.54 Å². The van der Waals surface area contributed by atoms with Crippen molar-refractivity contribution in [1.82, 2.24) is 16.0 Å². The highest BCUT2D eigenvalue weighted by Gasteiger charge is 2.07. The first kappa shape index (κ1) is 18.9. The first-order valence-electron chi connectivity index (χ1n) is 7.86. The Morgan fingerprint density at radius 3 is 2.19 bits per heavy atom. The molecule has 0 heterocycles. The maximum absolute atomic E-state index is 12.8. The van der Waals surface area contributed by atoms with E-state index >= 15 is 0 Å². The summed E-state index contributed by atoms with van der Waals surface area (Å²) in [5.41, 5.74) is 1.68. The van der Waals surface area contributed by atoms with Gasteiger partial charge in [0.1, 0.15) is 5.82 Å². The van der Waals surface area contributed by atoms with Crippen LogP contribution in [0, 0.1) is 5.82 Å². The number of likely N-dealkylation sites (N-methyl/N-ethyl adjacent to an activating group) is 1. The minimum absolute atomic E-state index is 0.133. The molecule has 0 aliphatic heterocycles. The second-order valence-electron chi connectivity index (χ2n) is 5.37. The number of urea groups is 1. The maximum Gasteiger partial charge on any atom is 0.319 e. The van der Waals surface area contributed by atoms with Crippen molar-refractivity contribution < 1.29 is 18.8 Å². The topological polar surface area (TPSA) is 99.3 Å². The number of halogens is 1. The van der Waals surface area contributed by atoms with Crippen molar-refractivity contribution in [2.24, 2.45) is 0 Å².